The van der Waals surface area contributed by atoms with Gasteiger partial charge in [0, 0.05) is 16.1 Å². The Morgan fingerprint density at radius 3 is 1.72 bits per heavy atom. The van der Waals surface area contributed by atoms with Crippen molar-refractivity contribution in [2.24, 2.45) is 0 Å². The molecule has 0 saturated carbocycles. The van der Waals surface area contributed by atoms with Gasteiger partial charge in [0.1, 0.15) is 0 Å². The molecule has 0 atom stereocenters. The lowest BCUT2D eigenvalue weighted by atomic mass is 9.93. The van der Waals surface area contributed by atoms with E-state index in [1.165, 1.54) is 6.92 Å². The lowest BCUT2D eigenvalue weighted by molar-refractivity contribution is -0.348. The Hall–Kier alpha value is -0.790. The number of benzene rings is 1. The third kappa shape index (κ3) is 2.48. The van der Waals surface area contributed by atoms with Crippen LogP contribution in [0.5, 0.6) is 0 Å². The fourth-order valence-electron chi connectivity index (χ4n) is 1.36. The fraction of sp³-hybridized carbons (Fsp3) is 0.400. The Morgan fingerprint density at radius 1 is 0.944 bits per heavy atom. The Balaban J connectivity index is 3.55. The van der Waals surface area contributed by atoms with Gasteiger partial charge in [-0.1, -0.05) is 22.0 Å². The molecular weight excluding hydrogens is 333 g/mol. The summed E-state index contributed by atoms with van der Waals surface area (Å²) in [5, 5.41) is 0. The first-order valence-corrected chi connectivity index (χ1v) is 5.21. The smallest absolute Gasteiger partial charge is 0.218 e. The van der Waals surface area contributed by atoms with E-state index in [-0.39, 0.29) is 10.0 Å². The average Bonchev–Trinajstić information content (AvgIpc) is 2.11. The summed E-state index contributed by atoms with van der Waals surface area (Å²) in [4.78, 5) is 0. The quantitative estimate of drug-likeness (QED) is 0.643. The second-order valence-electron chi connectivity index (χ2n) is 3.55. The second-order valence-corrected chi connectivity index (χ2v) is 4.41. The maximum absolute atomic E-state index is 13.6. The molecule has 0 fully saturated rings. The number of hydrogen-bond acceptors (Lipinski definition) is 0. The van der Waals surface area contributed by atoms with Gasteiger partial charge in [-0.05, 0) is 18.6 Å². The second kappa shape index (κ2) is 4.40. The van der Waals surface area contributed by atoms with Crippen LogP contribution in [0, 0.1) is 13.0 Å². The van der Waals surface area contributed by atoms with Gasteiger partial charge in [-0.15, -0.1) is 0 Å². The highest BCUT2D eigenvalue weighted by Gasteiger charge is 2.73. The van der Waals surface area contributed by atoms with E-state index >= 15 is 0 Å². The molecule has 0 aliphatic rings. The van der Waals surface area contributed by atoms with Crippen molar-refractivity contribution in [3.05, 3.63) is 33.8 Å². The van der Waals surface area contributed by atoms with Crippen LogP contribution in [0.25, 0.3) is 0 Å². The summed E-state index contributed by atoms with van der Waals surface area (Å²) in [5.74, 6) is 0. The summed E-state index contributed by atoms with van der Waals surface area (Å²) in [6.45, 7) is 1.21. The topological polar surface area (TPSA) is 0 Å². The third-order valence-corrected chi connectivity index (χ3v) is 2.58. The van der Waals surface area contributed by atoms with Gasteiger partial charge in [0.15, 0.2) is 0 Å². The van der Waals surface area contributed by atoms with Gasteiger partial charge in [-0.25, -0.2) is 4.39 Å². The maximum Gasteiger partial charge on any atom is 0.435 e. The standard InChI is InChI=1S/C10H5BrF7/c1-5-2-6(4-7(11)3-5)8(12,9(13,14)15)10(16,17)18/h2,4H,1H3. The summed E-state index contributed by atoms with van der Waals surface area (Å²) in [7, 11) is 0. The molecule has 18 heavy (non-hydrogen) atoms. The molecule has 0 heterocycles. The van der Waals surface area contributed by atoms with Crippen LogP contribution >= 0.6 is 15.9 Å². The minimum atomic E-state index is -6.10. The Morgan fingerprint density at radius 2 is 1.39 bits per heavy atom. The van der Waals surface area contributed by atoms with Crippen molar-refractivity contribution in [1.82, 2.24) is 0 Å². The predicted molar refractivity (Wildman–Crippen MR) is 52.6 cm³/mol. The van der Waals surface area contributed by atoms with Crippen molar-refractivity contribution in [2.45, 2.75) is 24.9 Å². The van der Waals surface area contributed by atoms with E-state index in [2.05, 4.69) is 22.0 Å². The van der Waals surface area contributed by atoms with E-state index < -0.39 is 23.6 Å². The largest absolute Gasteiger partial charge is 0.435 e. The van der Waals surface area contributed by atoms with Gasteiger partial charge in [0.05, 0.1) is 0 Å². The average molecular weight is 338 g/mol. The van der Waals surface area contributed by atoms with Crippen LogP contribution in [0.3, 0.4) is 0 Å². The first kappa shape index (κ1) is 15.3. The van der Waals surface area contributed by atoms with Crippen LogP contribution < -0.4 is 0 Å². The molecule has 1 radical (unpaired) electrons. The monoisotopic (exact) mass is 337 g/mol. The number of alkyl halides is 7. The van der Waals surface area contributed by atoms with Crippen molar-refractivity contribution < 1.29 is 30.7 Å². The molecule has 0 aliphatic heterocycles. The lowest BCUT2D eigenvalue weighted by Gasteiger charge is -2.30. The summed E-state index contributed by atoms with van der Waals surface area (Å²) < 4.78 is 88.0. The molecule has 1 rings (SSSR count). The van der Waals surface area contributed by atoms with Crippen LogP contribution in [0.15, 0.2) is 16.6 Å². The highest BCUT2D eigenvalue weighted by molar-refractivity contribution is 9.10. The van der Waals surface area contributed by atoms with Gasteiger partial charge >= 0.3 is 18.0 Å². The van der Waals surface area contributed by atoms with Gasteiger partial charge in [-0.3, -0.25) is 0 Å². The molecule has 0 spiro atoms. The summed E-state index contributed by atoms with van der Waals surface area (Å²) in [6.07, 6.45) is -12.2. The van der Waals surface area contributed by atoms with E-state index in [9.17, 15) is 30.7 Å². The highest BCUT2D eigenvalue weighted by atomic mass is 79.9. The molecule has 1 aromatic carbocycles. The minimum Gasteiger partial charge on any atom is -0.218 e. The number of aryl methyl sites for hydroxylation is 1. The zero-order valence-corrected chi connectivity index (χ0v) is 10.3. The summed E-state index contributed by atoms with van der Waals surface area (Å²) in [5.41, 5.74) is -6.97. The zero-order chi connectivity index (χ0) is 14.4. The fourth-order valence-corrected chi connectivity index (χ4v) is 1.92. The minimum absolute atomic E-state index is 0.0464. The van der Waals surface area contributed by atoms with Crippen molar-refractivity contribution in [3.63, 3.8) is 0 Å². The molecule has 0 amide bonds. The SMILES string of the molecule is Cc1[c]c(Br)cc(C(F)(C(F)(F)F)C(F)(F)F)c1. The molecule has 0 aliphatic carbocycles. The zero-order valence-electron chi connectivity index (χ0n) is 8.68. The summed E-state index contributed by atoms with van der Waals surface area (Å²) >= 11 is 2.68. The van der Waals surface area contributed by atoms with Crippen LogP contribution in [-0.4, -0.2) is 12.4 Å². The molecule has 0 unspecified atom stereocenters. The van der Waals surface area contributed by atoms with Gasteiger partial charge in [-0.2, -0.15) is 26.3 Å². The van der Waals surface area contributed by atoms with Crippen LogP contribution in [0.4, 0.5) is 30.7 Å². The van der Waals surface area contributed by atoms with E-state index in [1.54, 1.807) is 0 Å². The lowest BCUT2D eigenvalue weighted by Crippen LogP contribution is -2.50. The Labute approximate surface area is 106 Å². The number of halogens is 8. The van der Waals surface area contributed by atoms with E-state index in [1.807, 2.05) is 0 Å². The Bertz CT molecular complexity index is 412. The van der Waals surface area contributed by atoms with Crippen LogP contribution in [0.1, 0.15) is 11.1 Å². The molecule has 1 aromatic rings. The number of hydrogen-bond donors (Lipinski definition) is 0. The Kier molecular flexibility index (Phi) is 3.73. The van der Waals surface area contributed by atoms with E-state index in [0.717, 1.165) is 0 Å². The van der Waals surface area contributed by atoms with Crippen molar-refractivity contribution >= 4 is 15.9 Å². The predicted octanol–water partition coefficient (Wildman–Crippen LogP) is 4.85. The molecule has 101 valence electrons. The molecule has 0 aromatic heterocycles. The van der Waals surface area contributed by atoms with Crippen molar-refractivity contribution in [2.75, 3.05) is 0 Å². The van der Waals surface area contributed by atoms with Gasteiger partial charge in [0.2, 0.25) is 0 Å². The van der Waals surface area contributed by atoms with E-state index in [0.29, 0.717) is 12.1 Å². The third-order valence-electron chi connectivity index (χ3n) is 2.15. The summed E-state index contributed by atoms with van der Waals surface area (Å²) in [6, 6.07) is 3.28. The first-order valence-electron chi connectivity index (χ1n) is 4.42. The molecule has 0 nitrogen and oxygen atoms in total. The molecule has 8 heteroatoms. The van der Waals surface area contributed by atoms with Crippen LogP contribution in [-0.2, 0) is 5.67 Å². The first-order chi connectivity index (χ1) is 7.89. The van der Waals surface area contributed by atoms with E-state index in [4.69, 9.17) is 0 Å². The van der Waals surface area contributed by atoms with Crippen LogP contribution in [0.2, 0.25) is 0 Å². The normalized spacial score (nSPS) is 13.8. The number of rotatable bonds is 1. The molecular formula is C10H5BrF7. The molecule has 0 bridgehead atoms. The van der Waals surface area contributed by atoms with Crippen molar-refractivity contribution in [1.29, 1.82) is 0 Å². The molecule has 0 N–H and O–H groups in total. The van der Waals surface area contributed by atoms with Gasteiger partial charge < -0.3 is 0 Å². The van der Waals surface area contributed by atoms with Gasteiger partial charge in [0.25, 0.3) is 0 Å². The molecule has 0 saturated heterocycles. The highest BCUT2D eigenvalue weighted by Crippen LogP contribution is 2.53. The van der Waals surface area contributed by atoms with Crippen molar-refractivity contribution in [3.8, 4) is 0 Å². The maximum atomic E-state index is 13.6.